The number of rotatable bonds is 8. The highest BCUT2D eigenvalue weighted by Crippen LogP contribution is 2.29. The Balaban J connectivity index is 2.74. The second kappa shape index (κ2) is 8.11. The van der Waals surface area contributed by atoms with Gasteiger partial charge in [-0.1, -0.05) is 27.7 Å². The quantitative estimate of drug-likeness (QED) is 0.731. The molecule has 2 atom stereocenters. The molecule has 2 unspecified atom stereocenters. The van der Waals surface area contributed by atoms with E-state index < -0.39 is 5.41 Å². The van der Waals surface area contributed by atoms with Gasteiger partial charge in [-0.15, -0.1) is 0 Å². The van der Waals surface area contributed by atoms with E-state index in [1.54, 1.807) is 0 Å². The molecule has 124 valence electrons. The topological polar surface area (TPSA) is 58.8 Å². The fraction of sp³-hybridized carbons (Fsp3) is 0.938. The number of ether oxygens (including phenoxy) is 1. The maximum absolute atomic E-state index is 12.9. The van der Waals surface area contributed by atoms with Gasteiger partial charge in [-0.25, -0.2) is 0 Å². The number of nitrogens with zero attached hydrogens (tertiary/aromatic N) is 2. The van der Waals surface area contributed by atoms with Crippen molar-refractivity contribution in [3.63, 3.8) is 0 Å². The Labute approximate surface area is 129 Å². The molecule has 1 heterocycles. The van der Waals surface area contributed by atoms with Gasteiger partial charge in [0.25, 0.3) is 0 Å². The third-order valence-corrected chi connectivity index (χ3v) is 4.46. The van der Waals surface area contributed by atoms with E-state index in [9.17, 15) is 4.79 Å². The van der Waals surface area contributed by atoms with Crippen LogP contribution in [0.15, 0.2) is 0 Å². The Hall–Kier alpha value is -0.650. The lowest BCUT2D eigenvalue weighted by atomic mass is 9.84. The van der Waals surface area contributed by atoms with Crippen molar-refractivity contribution in [2.75, 3.05) is 45.9 Å². The van der Waals surface area contributed by atoms with E-state index in [0.29, 0.717) is 19.1 Å². The van der Waals surface area contributed by atoms with Crippen molar-refractivity contribution < 1.29 is 9.53 Å². The predicted molar refractivity (Wildman–Crippen MR) is 86.1 cm³/mol. The lowest BCUT2D eigenvalue weighted by molar-refractivity contribution is -0.142. The van der Waals surface area contributed by atoms with Crippen LogP contribution >= 0.6 is 0 Å². The van der Waals surface area contributed by atoms with Gasteiger partial charge >= 0.3 is 0 Å². The first kappa shape index (κ1) is 18.4. The van der Waals surface area contributed by atoms with Gasteiger partial charge in [-0.2, -0.15) is 0 Å². The highest BCUT2D eigenvalue weighted by molar-refractivity contribution is 5.83. The van der Waals surface area contributed by atoms with E-state index in [0.717, 1.165) is 32.7 Å². The molecule has 1 aliphatic heterocycles. The largest absolute Gasteiger partial charge is 0.379 e. The van der Waals surface area contributed by atoms with Crippen molar-refractivity contribution in [2.24, 2.45) is 17.1 Å². The summed E-state index contributed by atoms with van der Waals surface area (Å²) in [6.45, 7) is 15.9. The van der Waals surface area contributed by atoms with Gasteiger partial charge in [0.1, 0.15) is 0 Å². The smallest absolute Gasteiger partial charge is 0.232 e. The number of carbonyl (C=O) groups excluding carboxylic acids is 1. The van der Waals surface area contributed by atoms with Crippen molar-refractivity contribution in [3.8, 4) is 0 Å². The SMILES string of the molecule is CCN(CC)CCN(CC(C)C)C(=O)C1(C)COCC1N. The molecule has 0 aromatic heterocycles. The minimum atomic E-state index is -0.571. The summed E-state index contributed by atoms with van der Waals surface area (Å²) in [5.41, 5.74) is 5.54. The van der Waals surface area contributed by atoms with E-state index in [1.165, 1.54) is 0 Å². The molecule has 5 nitrogen and oxygen atoms in total. The van der Waals surface area contributed by atoms with E-state index >= 15 is 0 Å². The molecule has 0 aromatic rings. The van der Waals surface area contributed by atoms with Gasteiger partial charge in [0.05, 0.1) is 18.6 Å². The van der Waals surface area contributed by atoms with Gasteiger partial charge in [0.15, 0.2) is 0 Å². The van der Waals surface area contributed by atoms with E-state index in [2.05, 4.69) is 32.6 Å². The van der Waals surface area contributed by atoms with Crippen LogP contribution in [0, 0.1) is 11.3 Å². The van der Waals surface area contributed by atoms with Gasteiger partial charge in [0, 0.05) is 25.7 Å². The number of likely N-dealkylation sites (N-methyl/N-ethyl adjacent to an activating group) is 1. The Bertz CT molecular complexity index is 331. The third kappa shape index (κ3) is 4.66. The zero-order chi connectivity index (χ0) is 16.0. The average molecular weight is 299 g/mol. The Morgan fingerprint density at radius 1 is 1.33 bits per heavy atom. The Morgan fingerprint density at radius 3 is 2.38 bits per heavy atom. The molecule has 2 N–H and O–H groups in total. The zero-order valence-corrected chi connectivity index (χ0v) is 14.4. The molecule has 0 saturated carbocycles. The van der Waals surface area contributed by atoms with Crippen molar-refractivity contribution >= 4 is 5.91 Å². The minimum Gasteiger partial charge on any atom is -0.379 e. The summed E-state index contributed by atoms with van der Waals surface area (Å²) in [4.78, 5) is 17.3. The van der Waals surface area contributed by atoms with Gasteiger partial charge in [-0.05, 0) is 25.9 Å². The molecule has 1 fully saturated rings. The molecule has 5 heteroatoms. The first-order chi connectivity index (χ1) is 9.85. The summed E-state index contributed by atoms with van der Waals surface area (Å²) in [5.74, 6) is 0.598. The molecule has 1 aliphatic rings. The molecule has 0 bridgehead atoms. The van der Waals surface area contributed by atoms with Crippen molar-refractivity contribution in [2.45, 2.75) is 40.7 Å². The highest BCUT2D eigenvalue weighted by atomic mass is 16.5. The molecule has 0 radical (unpaired) electrons. The van der Waals surface area contributed by atoms with Gasteiger partial charge < -0.3 is 20.3 Å². The number of nitrogens with two attached hydrogens (primary N) is 1. The van der Waals surface area contributed by atoms with Crippen LogP contribution < -0.4 is 5.73 Å². The summed E-state index contributed by atoms with van der Waals surface area (Å²) < 4.78 is 5.43. The van der Waals surface area contributed by atoms with Crippen LogP contribution in [-0.4, -0.2) is 67.7 Å². The number of amides is 1. The van der Waals surface area contributed by atoms with Crippen molar-refractivity contribution in [1.29, 1.82) is 0 Å². The molecule has 0 aliphatic carbocycles. The van der Waals surface area contributed by atoms with E-state index in [1.807, 2.05) is 11.8 Å². The summed E-state index contributed by atoms with van der Waals surface area (Å²) in [6, 6.07) is -0.201. The minimum absolute atomic E-state index is 0.147. The van der Waals surface area contributed by atoms with Gasteiger partial charge in [-0.3, -0.25) is 4.79 Å². The lowest BCUT2D eigenvalue weighted by Crippen LogP contribution is -2.53. The lowest BCUT2D eigenvalue weighted by Gasteiger charge is -2.35. The van der Waals surface area contributed by atoms with Crippen LogP contribution in [-0.2, 0) is 9.53 Å². The maximum atomic E-state index is 12.9. The first-order valence-corrected chi connectivity index (χ1v) is 8.20. The molecule has 0 aromatic carbocycles. The zero-order valence-electron chi connectivity index (χ0n) is 14.4. The van der Waals surface area contributed by atoms with Gasteiger partial charge in [0.2, 0.25) is 5.91 Å². The standard InChI is InChI=1S/C16H33N3O2/c1-6-18(7-2)8-9-19(10-13(3)4)15(20)16(5)12-21-11-14(16)17/h13-14H,6-12,17H2,1-5H3. The van der Waals surface area contributed by atoms with E-state index in [-0.39, 0.29) is 11.9 Å². The summed E-state index contributed by atoms with van der Waals surface area (Å²) >= 11 is 0. The normalized spacial score (nSPS) is 25.8. The molecular formula is C16H33N3O2. The predicted octanol–water partition coefficient (Wildman–Crippen LogP) is 1.18. The fourth-order valence-corrected chi connectivity index (χ4v) is 2.79. The molecule has 0 spiro atoms. The second-order valence-corrected chi connectivity index (χ2v) is 6.71. The third-order valence-electron chi connectivity index (χ3n) is 4.46. The number of carbonyl (C=O) groups is 1. The van der Waals surface area contributed by atoms with E-state index in [4.69, 9.17) is 10.5 Å². The summed E-state index contributed by atoms with van der Waals surface area (Å²) in [6.07, 6.45) is 0. The number of hydrogen-bond donors (Lipinski definition) is 1. The maximum Gasteiger partial charge on any atom is 0.232 e. The van der Waals surface area contributed by atoms with Crippen molar-refractivity contribution in [1.82, 2.24) is 9.80 Å². The van der Waals surface area contributed by atoms with Crippen LogP contribution in [0.1, 0.15) is 34.6 Å². The first-order valence-electron chi connectivity index (χ1n) is 8.20. The fourth-order valence-electron chi connectivity index (χ4n) is 2.79. The highest BCUT2D eigenvalue weighted by Gasteiger charge is 2.46. The van der Waals surface area contributed by atoms with Crippen LogP contribution in [0.5, 0.6) is 0 Å². The summed E-state index contributed by atoms with van der Waals surface area (Å²) in [7, 11) is 0. The number of hydrogen-bond acceptors (Lipinski definition) is 4. The molecular weight excluding hydrogens is 266 g/mol. The summed E-state index contributed by atoms with van der Waals surface area (Å²) in [5, 5.41) is 0. The van der Waals surface area contributed by atoms with Crippen LogP contribution in [0.2, 0.25) is 0 Å². The molecule has 21 heavy (non-hydrogen) atoms. The Kier molecular flexibility index (Phi) is 7.10. The second-order valence-electron chi connectivity index (χ2n) is 6.71. The molecule has 1 saturated heterocycles. The van der Waals surface area contributed by atoms with Crippen LogP contribution in [0.3, 0.4) is 0 Å². The monoisotopic (exact) mass is 299 g/mol. The molecule has 1 amide bonds. The van der Waals surface area contributed by atoms with Crippen LogP contribution in [0.25, 0.3) is 0 Å². The Morgan fingerprint density at radius 2 is 1.95 bits per heavy atom. The van der Waals surface area contributed by atoms with Crippen LogP contribution in [0.4, 0.5) is 0 Å². The van der Waals surface area contributed by atoms with Crippen molar-refractivity contribution in [3.05, 3.63) is 0 Å². The average Bonchev–Trinajstić information content (AvgIpc) is 2.78. The molecule has 1 rings (SSSR count).